The van der Waals surface area contributed by atoms with Gasteiger partial charge in [0.15, 0.2) is 17.5 Å². The van der Waals surface area contributed by atoms with Crippen LogP contribution in [0.15, 0.2) is 12.1 Å². The van der Waals surface area contributed by atoms with Gasteiger partial charge in [-0.2, -0.15) is 0 Å². The molecule has 88 valence electrons. The lowest BCUT2D eigenvalue weighted by Crippen LogP contribution is -2.20. The van der Waals surface area contributed by atoms with Gasteiger partial charge in [0.05, 0.1) is 5.69 Å². The third-order valence-corrected chi connectivity index (χ3v) is 2.35. The molecule has 0 radical (unpaired) electrons. The molecule has 0 aliphatic rings. The van der Waals surface area contributed by atoms with Gasteiger partial charge in [0.25, 0.3) is 0 Å². The SMILES string of the molecule is CC[C@@H](C)C(=O)Nc1ccc(F)c(F)c1F. The van der Waals surface area contributed by atoms with Crippen molar-refractivity contribution in [3.63, 3.8) is 0 Å². The van der Waals surface area contributed by atoms with Crippen LogP contribution in [0.25, 0.3) is 0 Å². The lowest BCUT2D eigenvalue weighted by atomic mass is 10.1. The standard InChI is InChI=1S/C11H12F3NO/c1-3-6(2)11(16)15-8-5-4-7(12)9(13)10(8)14/h4-6H,3H2,1-2H3,(H,15,16)/t6-/m1/s1. The molecule has 0 aliphatic carbocycles. The molecule has 16 heavy (non-hydrogen) atoms. The van der Waals surface area contributed by atoms with Gasteiger partial charge in [-0.3, -0.25) is 4.79 Å². The van der Waals surface area contributed by atoms with Crippen LogP contribution in [0.1, 0.15) is 20.3 Å². The summed E-state index contributed by atoms with van der Waals surface area (Å²) in [5.41, 5.74) is -0.343. The van der Waals surface area contributed by atoms with Gasteiger partial charge in [0, 0.05) is 5.92 Å². The van der Waals surface area contributed by atoms with E-state index in [1.54, 1.807) is 13.8 Å². The van der Waals surface area contributed by atoms with Gasteiger partial charge in [0.2, 0.25) is 5.91 Å². The normalized spacial score (nSPS) is 12.3. The highest BCUT2D eigenvalue weighted by atomic mass is 19.2. The van der Waals surface area contributed by atoms with Gasteiger partial charge in [-0.05, 0) is 18.6 Å². The summed E-state index contributed by atoms with van der Waals surface area (Å²) in [4.78, 5) is 11.4. The largest absolute Gasteiger partial charge is 0.323 e. The Morgan fingerprint density at radius 1 is 1.31 bits per heavy atom. The zero-order valence-electron chi connectivity index (χ0n) is 8.98. The molecule has 1 N–H and O–H groups in total. The van der Waals surface area contributed by atoms with Crippen LogP contribution < -0.4 is 5.32 Å². The quantitative estimate of drug-likeness (QED) is 0.796. The molecule has 0 bridgehead atoms. The van der Waals surface area contributed by atoms with E-state index in [1.165, 1.54) is 0 Å². The lowest BCUT2D eigenvalue weighted by Gasteiger charge is -2.10. The first-order chi connectivity index (χ1) is 7.47. The summed E-state index contributed by atoms with van der Waals surface area (Å²) >= 11 is 0. The maximum Gasteiger partial charge on any atom is 0.227 e. The van der Waals surface area contributed by atoms with E-state index in [0.717, 1.165) is 12.1 Å². The van der Waals surface area contributed by atoms with Crippen molar-refractivity contribution in [3.8, 4) is 0 Å². The van der Waals surface area contributed by atoms with E-state index in [-0.39, 0.29) is 11.6 Å². The molecule has 2 nitrogen and oxygen atoms in total. The third-order valence-electron chi connectivity index (χ3n) is 2.35. The van der Waals surface area contributed by atoms with Crippen molar-refractivity contribution in [2.45, 2.75) is 20.3 Å². The number of nitrogens with one attached hydrogen (secondary N) is 1. The average molecular weight is 231 g/mol. The van der Waals surface area contributed by atoms with Crippen LogP contribution >= 0.6 is 0 Å². The Morgan fingerprint density at radius 3 is 2.50 bits per heavy atom. The number of carbonyl (C=O) groups excluding carboxylic acids is 1. The Morgan fingerprint density at radius 2 is 1.94 bits per heavy atom. The molecule has 0 aromatic heterocycles. The molecular weight excluding hydrogens is 219 g/mol. The second-order valence-corrected chi connectivity index (χ2v) is 3.52. The van der Waals surface area contributed by atoms with Crippen LogP contribution in [0.5, 0.6) is 0 Å². The maximum absolute atomic E-state index is 13.2. The van der Waals surface area contributed by atoms with Gasteiger partial charge in [-0.1, -0.05) is 13.8 Å². The fourth-order valence-electron chi connectivity index (χ4n) is 1.06. The van der Waals surface area contributed by atoms with Gasteiger partial charge in [-0.25, -0.2) is 13.2 Å². The molecule has 1 aromatic carbocycles. The summed E-state index contributed by atoms with van der Waals surface area (Å²) in [6.07, 6.45) is 0.580. The number of anilines is 1. The Labute approximate surface area is 91.5 Å². The van der Waals surface area contributed by atoms with Gasteiger partial charge >= 0.3 is 0 Å². The topological polar surface area (TPSA) is 29.1 Å². The van der Waals surface area contributed by atoms with E-state index < -0.39 is 23.4 Å². The van der Waals surface area contributed by atoms with Crippen molar-refractivity contribution < 1.29 is 18.0 Å². The molecule has 1 rings (SSSR count). The van der Waals surface area contributed by atoms with Crippen LogP contribution in [-0.2, 0) is 4.79 Å². The first-order valence-electron chi connectivity index (χ1n) is 4.91. The maximum atomic E-state index is 13.2. The van der Waals surface area contributed by atoms with Crippen LogP contribution in [0.2, 0.25) is 0 Å². The molecule has 0 spiro atoms. The monoisotopic (exact) mass is 231 g/mol. The fourth-order valence-corrected chi connectivity index (χ4v) is 1.06. The second kappa shape index (κ2) is 5.01. The summed E-state index contributed by atoms with van der Waals surface area (Å²) in [5.74, 6) is -4.97. The van der Waals surface area contributed by atoms with Crippen LogP contribution in [-0.4, -0.2) is 5.91 Å². The Kier molecular flexibility index (Phi) is 3.93. The van der Waals surface area contributed by atoms with E-state index >= 15 is 0 Å². The first kappa shape index (κ1) is 12.5. The predicted molar refractivity (Wildman–Crippen MR) is 54.4 cm³/mol. The highest BCUT2D eigenvalue weighted by Gasteiger charge is 2.17. The zero-order chi connectivity index (χ0) is 12.3. The van der Waals surface area contributed by atoms with Gasteiger partial charge in [-0.15, -0.1) is 0 Å². The molecule has 1 atom stereocenters. The summed E-state index contributed by atoms with van der Waals surface area (Å²) in [5, 5.41) is 2.21. The van der Waals surface area contributed by atoms with E-state index in [9.17, 15) is 18.0 Å². The van der Waals surface area contributed by atoms with Crippen LogP contribution in [0, 0.1) is 23.4 Å². The summed E-state index contributed by atoms with van der Waals surface area (Å²) in [6.45, 7) is 3.46. The number of hydrogen-bond donors (Lipinski definition) is 1. The van der Waals surface area contributed by atoms with Crippen molar-refractivity contribution in [2.75, 3.05) is 5.32 Å². The minimum absolute atomic E-state index is 0.312. The Balaban J connectivity index is 2.91. The molecule has 5 heteroatoms. The Hall–Kier alpha value is -1.52. The number of amides is 1. The summed E-state index contributed by atoms with van der Waals surface area (Å²) in [7, 11) is 0. The van der Waals surface area contributed by atoms with E-state index in [1.807, 2.05) is 0 Å². The molecule has 0 aliphatic heterocycles. The summed E-state index contributed by atoms with van der Waals surface area (Å²) < 4.78 is 38.6. The van der Waals surface area contributed by atoms with Crippen LogP contribution in [0.3, 0.4) is 0 Å². The highest BCUT2D eigenvalue weighted by Crippen LogP contribution is 2.20. The van der Waals surface area contributed by atoms with Crippen LogP contribution in [0.4, 0.5) is 18.9 Å². The molecule has 0 fully saturated rings. The third kappa shape index (κ3) is 2.53. The first-order valence-corrected chi connectivity index (χ1v) is 4.91. The molecule has 1 amide bonds. The molecule has 0 heterocycles. The molecule has 0 saturated carbocycles. The molecular formula is C11H12F3NO. The smallest absolute Gasteiger partial charge is 0.227 e. The van der Waals surface area contributed by atoms with Gasteiger partial charge in [0.1, 0.15) is 0 Å². The van der Waals surface area contributed by atoms with Gasteiger partial charge < -0.3 is 5.32 Å². The Bertz CT molecular complexity index is 406. The molecule has 0 saturated heterocycles. The van der Waals surface area contributed by atoms with E-state index in [2.05, 4.69) is 5.32 Å². The number of carbonyl (C=O) groups is 1. The van der Waals surface area contributed by atoms with E-state index in [0.29, 0.717) is 6.42 Å². The minimum atomic E-state index is -1.58. The highest BCUT2D eigenvalue weighted by molar-refractivity contribution is 5.92. The minimum Gasteiger partial charge on any atom is -0.323 e. The summed E-state index contributed by atoms with van der Waals surface area (Å²) in [6, 6.07) is 1.76. The fraction of sp³-hybridized carbons (Fsp3) is 0.364. The van der Waals surface area contributed by atoms with Crippen molar-refractivity contribution in [1.29, 1.82) is 0 Å². The lowest BCUT2D eigenvalue weighted by molar-refractivity contribution is -0.119. The average Bonchev–Trinajstić information content (AvgIpc) is 2.28. The number of rotatable bonds is 3. The predicted octanol–water partition coefficient (Wildman–Crippen LogP) is 3.09. The molecule has 1 aromatic rings. The number of halogens is 3. The van der Waals surface area contributed by atoms with Crippen molar-refractivity contribution in [2.24, 2.45) is 5.92 Å². The second-order valence-electron chi connectivity index (χ2n) is 3.52. The van der Waals surface area contributed by atoms with Crippen molar-refractivity contribution in [3.05, 3.63) is 29.6 Å². The number of hydrogen-bond acceptors (Lipinski definition) is 1. The van der Waals surface area contributed by atoms with Crippen molar-refractivity contribution >= 4 is 11.6 Å². The number of benzene rings is 1. The molecule has 0 unspecified atom stereocenters. The van der Waals surface area contributed by atoms with E-state index in [4.69, 9.17) is 0 Å². The zero-order valence-corrected chi connectivity index (χ0v) is 8.98. The van der Waals surface area contributed by atoms with Crippen molar-refractivity contribution in [1.82, 2.24) is 0 Å².